The SMILES string of the molecule is CC(=O)c1ccc(NC(=O)NCCOc2ccc(F)cc2)cc1. The molecule has 2 aromatic carbocycles. The van der Waals surface area contributed by atoms with Gasteiger partial charge in [0.25, 0.3) is 0 Å². The number of carbonyl (C=O) groups is 2. The number of hydrogen-bond donors (Lipinski definition) is 2. The molecule has 0 radical (unpaired) electrons. The molecule has 0 unspecified atom stereocenters. The van der Waals surface area contributed by atoms with Gasteiger partial charge in [0.1, 0.15) is 18.2 Å². The van der Waals surface area contributed by atoms with E-state index in [4.69, 9.17) is 4.74 Å². The third kappa shape index (κ3) is 5.43. The van der Waals surface area contributed by atoms with Gasteiger partial charge in [-0.3, -0.25) is 4.79 Å². The summed E-state index contributed by atoms with van der Waals surface area (Å²) in [6.45, 7) is 2.05. The van der Waals surface area contributed by atoms with Gasteiger partial charge in [-0.2, -0.15) is 0 Å². The number of Topliss-reactive ketones (excluding diaryl/α,β-unsaturated/α-hetero) is 1. The van der Waals surface area contributed by atoms with E-state index in [1.54, 1.807) is 24.3 Å². The molecule has 0 aromatic heterocycles. The highest BCUT2D eigenvalue weighted by Crippen LogP contribution is 2.11. The topological polar surface area (TPSA) is 67.4 Å². The largest absolute Gasteiger partial charge is 0.492 e. The summed E-state index contributed by atoms with van der Waals surface area (Å²) >= 11 is 0. The summed E-state index contributed by atoms with van der Waals surface area (Å²) in [5.41, 5.74) is 1.18. The number of nitrogens with one attached hydrogen (secondary N) is 2. The number of rotatable bonds is 6. The average molecular weight is 316 g/mol. The lowest BCUT2D eigenvalue weighted by molar-refractivity contribution is 0.101. The van der Waals surface area contributed by atoms with Crippen molar-refractivity contribution in [3.8, 4) is 5.75 Å². The van der Waals surface area contributed by atoms with Gasteiger partial charge in [-0.1, -0.05) is 0 Å². The Bertz CT molecular complexity index is 669. The van der Waals surface area contributed by atoms with Crippen LogP contribution in [0.4, 0.5) is 14.9 Å². The predicted molar refractivity (Wildman–Crippen MR) is 85.4 cm³/mol. The smallest absolute Gasteiger partial charge is 0.319 e. The second-order valence-electron chi connectivity index (χ2n) is 4.82. The van der Waals surface area contributed by atoms with Gasteiger partial charge in [0.05, 0.1) is 6.54 Å². The molecular formula is C17H17FN2O3. The van der Waals surface area contributed by atoms with Crippen LogP contribution in [0.25, 0.3) is 0 Å². The van der Waals surface area contributed by atoms with Crippen molar-refractivity contribution in [1.29, 1.82) is 0 Å². The Morgan fingerprint density at radius 3 is 2.30 bits per heavy atom. The maximum Gasteiger partial charge on any atom is 0.319 e. The molecule has 2 amide bonds. The summed E-state index contributed by atoms with van der Waals surface area (Å²) in [6, 6.07) is 11.9. The fourth-order valence-electron chi connectivity index (χ4n) is 1.83. The maximum atomic E-state index is 12.7. The zero-order valence-corrected chi connectivity index (χ0v) is 12.6. The van der Waals surface area contributed by atoms with Gasteiger partial charge in [-0.15, -0.1) is 0 Å². The number of ketones is 1. The van der Waals surface area contributed by atoms with Crippen LogP contribution in [-0.2, 0) is 0 Å². The molecule has 0 aliphatic rings. The Hall–Kier alpha value is -2.89. The molecule has 5 nitrogen and oxygen atoms in total. The number of halogens is 1. The quantitative estimate of drug-likeness (QED) is 0.635. The highest BCUT2D eigenvalue weighted by Gasteiger charge is 2.03. The van der Waals surface area contributed by atoms with Gasteiger partial charge in [-0.05, 0) is 55.5 Å². The molecule has 6 heteroatoms. The molecule has 0 heterocycles. The van der Waals surface area contributed by atoms with Crippen LogP contribution >= 0.6 is 0 Å². The first kappa shape index (κ1) is 16.5. The summed E-state index contributed by atoms with van der Waals surface area (Å²) in [6.07, 6.45) is 0. The number of anilines is 1. The molecule has 0 aliphatic heterocycles. The van der Waals surface area contributed by atoms with Crippen LogP contribution in [0.15, 0.2) is 48.5 Å². The molecule has 2 aromatic rings. The van der Waals surface area contributed by atoms with E-state index in [2.05, 4.69) is 10.6 Å². The van der Waals surface area contributed by atoms with E-state index in [0.29, 0.717) is 23.5 Å². The monoisotopic (exact) mass is 316 g/mol. The Kier molecular flexibility index (Phi) is 5.68. The highest BCUT2D eigenvalue weighted by atomic mass is 19.1. The van der Waals surface area contributed by atoms with E-state index >= 15 is 0 Å². The van der Waals surface area contributed by atoms with E-state index < -0.39 is 0 Å². The highest BCUT2D eigenvalue weighted by molar-refractivity contribution is 5.95. The van der Waals surface area contributed by atoms with E-state index in [0.717, 1.165) is 0 Å². The fraction of sp³-hybridized carbons (Fsp3) is 0.176. The molecule has 120 valence electrons. The normalized spacial score (nSPS) is 10.0. The molecule has 2 rings (SSSR count). The van der Waals surface area contributed by atoms with Gasteiger partial charge in [0.15, 0.2) is 5.78 Å². The van der Waals surface area contributed by atoms with E-state index in [-0.39, 0.29) is 24.2 Å². The van der Waals surface area contributed by atoms with Crippen LogP contribution < -0.4 is 15.4 Å². The van der Waals surface area contributed by atoms with E-state index in [1.165, 1.54) is 31.2 Å². The Morgan fingerprint density at radius 2 is 1.70 bits per heavy atom. The van der Waals surface area contributed by atoms with Gasteiger partial charge in [0, 0.05) is 11.3 Å². The first-order valence-electron chi connectivity index (χ1n) is 7.09. The molecular weight excluding hydrogens is 299 g/mol. The number of benzene rings is 2. The molecule has 0 fully saturated rings. The second-order valence-corrected chi connectivity index (χ2v) is 4.82. The third-order valence-corrected chi connectivity index (χ3v) is 3.02. The number of hydrogen-bond acceptors (Lipinski definition) is 3. The van der Waals surface area contributed by atoms with Crippen molar-refractivity contribution in [3.05, 3.63) is 59.9 Å². The molecule has 0 spiro atoms. The zero-order valence-electron chi connectivity index (χ0n) is 12.6. The van der Waals surface area contributed by atoms with Crippen molar-refractivity contribution in [1.82, 2.24) is 5.32 Å². The van der Waals surface area contributed by atoms with Crippen molar-refractivity contribution in [2.75, 3.05) is 18.5 Å². The van der Waals surface area contributed by atoms with Crippen molar-refractivity contribution >= 4 is 17.5 Å². The lowest BCUT2D eigenvalue weighted by Crippen LogP contribution is -2.32. The van der Waals surface area contributed by atoms with Crippen LogP contribution in [-0.4, -0.2) is 25.0 Å². The summed E-state index contributed by atoms with van der Waals surface area (Å²) in [4.78, 5) is 22.8. The Morgan fingerprint density at radius 1 is 1.04 bits per heavy atom. The minimum Gasteiger partial charge on any atom is -0.492 e. The fourth-order valence-corrected chi connectivity index (χ4v) is 1.83. The minimum absolute atomic E-state index is 0.0288. The van der Waals surface area contributed by atoms with Crippen molar-refractivity contribution in [3.63, 3.8) is 0 Å². The molecule has 0 saturated heterocycles. The number of amides is 2. The van der Waals surface area contributed by atoms with E-state index in [1.807, 2.05) is 0 Å². The zero-order chi connectivity index (χ0) is 16.7. The van der Waals surface area contributed by atoms with Crippen LogP contribution in [0.2, 0.25) is 0 Å². The molecule has 2 N–H and O–H groups in total. The summed E-state index contributed by atoms with van der Waals surface area (Å²) in [5.74, 6) is 0.179. The van der Waals surface area contributed by atoms with Gasteiger partial charge < -0.3 is 15.4 Å². The maximum absolute atomic E-state index is 12.7. The molecule has 0 aliphatic carbocycles. The summed E-state index contributed by atoms with van der Waals surface area (Å²) in [5, 5.41) is 5.28. The van der Waals surface area contributed by atoms with Gasteiger partial charge in [0.2, 0.25) is 0 Å². The molecule has 0 saturated carbocycles. The van der Waals surface area contributed by atoms with Gasteiger partial charge in [-0.25, -0.2) is 9.18 Å². The summed E-state index contributed by atoms with van der Waals surface area (Å²) in [7, 11) is 0. The van der Waals surface area contributed by atoms with Crippen LogP contribution in [0.3, 0.4) is 0 Å². The first-order valence-corrected chi connectivity index (χ1v) is 7.09. The van der Waals surface area contributed by atoms with Crippen molar-refractivity contribution < 1.29 is 18.7 Å². The lowest BCUT2D eigenvalue weighted by atomic mass is 10.1. The standard InChI is InChI=1S/C17H17FN2O3/c1-12(21)13-2-6-15(7-3-13)20-17(22)19-10-11-23-16-8-4-14(18)5-9-16/h2-9H,10-11H2,1H3,(H2,19,20,22). The Labute approximate surface area is 133 Å². The lowest BCUT2D eigenvalue weighted by Gasteiger charge is -2.09. The third-order valence-electron chi connectivity index (χ3n) is 3.02. The summed E-state index contributed by atoms with van der Waals surface area (Å²) < 4.78 is 18.1. The first-order chi connectivity index (χ1) is 11.0. The Balaban J connectivity index is 1.70. The predicted octanol–water partition coefficient (Wildman–Crippen LogP) is 3.23. The molecule has 0 atom stereocenters. The number of ether oxygens (including phenoxy) is 1. The van der Waals surface area contributed by atoms with Crippen LogP contribution in [0.1, 0.15) is 17.3 Å². The van der Waals surface area contributed by atoms with E-state index in [9.17, 15) is 14.0 Å². The molecule has 0 bridgehead atoms. The van der Waals surface area contributed by atoms with Crippen molar-refractivity contribution in [2.45, 2.75) is 6.92 Å². The average Bonchev–Trinajstić information content (AvgIpc) is 2.54. The number of carbonyl (C=O) groups excluding carboxylic acids is 2. The van der Waals surface area contributed by atoms with Crippen LogP contribution in [0, 0.1) is 5.82 Å². The molecule has 23 heavy (non-hydrogen) atoms. The van der Waals surface area contributed by atoms with Gasteiger partial charge >= 0.3 is 6.03 Å². The minimum atomic E-state index is -0.372. The van der Waals surface area contributed by atoms with Crippen molar-refractivity contribution in [2.24, 2.45) is 0 Å². The van der Waals surface area contributed by atoms with Crippen LogP contribution in [0.5, 0.6) is 5.75 Å². The second kappa shape index (κ2) is 7.93. The number of urea groups is 1.